The number of rotatable bonds is 2. The van der Waals surface area contributed by atoms with Crippen molar-refractivity contribution in [1.82, 2.24) is 9.97 Å². The Kier molecular flexibility index (Phi) is 3.35. The predicted molar refractivity (Wildman–Crippen MR) is 75.4 cm³/mol. The van der Waals surface area contributed by atoms with Gasteiger partial charge in [0.15, 0.2) is 0 Å². The van der Waals surface area contributed by atoms with Crippen LogP contribution in [0.3, 0.4) is 0 Å². The van der Waals surface area contributed by atoms with Crippen LogP contribution in [0.15, 0.2) is 36.9 Å². The molecule has 2 aromatic rings. The van der Waals surface area contributed by atoms with Gasteiger partial charge in [0.05, 0.1) is 11.1 Å². The van der Waals surface area contributed by atoms with E-state index in [0.29, 0.717) is 12.1 Å². The van der Waals surface area contributed by atoms with Gasteiger partial charge in [-0.2, -0.15) is 0 Å². The van der Waals surface area contributed by atoms with Gasteiger partial charge in [-0.15, -0.1) is 0 Å². The molecule has 6 heteroatoms. The lowest BCUT2D eigenvalue weighted by Crippen LogP contribution is -2.35. The van der Waals surface area contributed by atoms with E-state index in [1.807, 2.05) is 0 Å². The molecule has 1 aromatic heterocycles. The van der Waals surface area contributed by atoms with Crippen LogP contribution in [-0.4, -0.2) is 33.5 Å². The number of nitrogens with zero attached hydrogens (tertiary/aromatic N) is 3. The summed E-state index contributed by atoms with van der Waals surface area (Å²) in [5.41, 5.74) is 2.31. The second-order valence-electron chi connectivity index (χ2n) is 4.84. The molecule has 2 heterocycles. The molecule has 21 heavy (non-hydrogen) atoms. The standard InChI is InChI=1S/C15H13N3O3/c19-14(12-7-16-9-17-8-12)18-5-1-2-10-6-11(15(20)21)3-4-13(10)18/h3-4,6-9H,1-2,5H2,(H,20,21). The lowest BCUT2D eigenvalue weighted by Gasteiger charge is -2.29. The van der Waals surface area contributed by atoms with E-state index in [2.05, 4.69) is 9.97 Å². The second kappa shape index (κ2) is 5.32. The van der Waals surface area contributed by atoms with E-state index in [0.717, 1.165) is 24.1 Å². The molecule has 1 amide bonds. The highest BCUT2D eigenvalue weighted by Crippen LogP contribution is 2.29. The Labute approximate surface area is 121 Å². The molecule has 0 radical (unpaired) electrons. The van der Waals surface area contributed by atoms with Crippen molar-refractivity contribution >= 4 is 17.6 Å². The van der Waals surface area contributed by atoms with Crippen molar-refractivity contribution in [2.75, 3.05) is 11.4 Å². The molecule has 0 bridgehead atoms. The fraction of sp³-hybridized carbons (Fsp3) is 0.200. The first-order chi connectivity index (χ1) is 10.2. The second-order valence-corrected chi connectivity index (χ2v) is 4.84. The number of anilines is 1. The molecule has 0 unspecified atom stereocenters. The van der Waals surface area contributed by atoms with Crippen molar-refractivity contribution in [3.05, 3.63) is 53.6 Å². The molecule has 6 nitrogen and oxygen atoms in total. The molecule has 0 atom stereocenters. The number of carbonyl (C=O) groups is 2. The number of hydrogen-bond acceptors (Lipinski definition) is 4. The molecule has 0 fully saturated rings. The fourth-order valence-corrected chi connectivity index (χ4v) is 2.51. The normalized spacial score (nSPS) is 13.6. The van der Waals surface area contributed by atoms with Crippen LogP contribution < -0.4 is 4.90 Å². The third-order valence-electron chi connectivity index (χ3n) is 3.50. The maximum Gasteiger partial charge on any atom is 0.335 e. The summed E-state index contributed by atoms with van der Waals surface area (Å²) in [6.07, 6.45) is 5.91. The Bertz CT molecular complexity index is 701. The quantitative estimate of drug-likeness (QED) is 0.908. The van der Waals surface area contributed by atoms with E-state index in [1.165, 1.54) is 24.8 Å². The minimum atomic E-state index is -0.960. The molecule has 1 N–H and O–H groups in total. The lowest BCUT2D eigenvalue weighted by atomic mass is 9.98. The third-order valence-corrected chi connectivity index (χ3v) is 3.50. The van der Waals surface area contributed by atoms with Crippen LogP contribution in [0.25, 0.3) is 0 Å². The summed E-state index contributed by atoms with van der Waals surface area (Å²) in [5.74, 6) is -1.13. The molecular formula is C15H13N3O3. The number of aromatic nitrogens is 2. The van der Waals surface area contributed by atoms with Crippen LogP contribution >= 0.6 is 0 Å². The van der Waals surface area contributed by atoms with Crippen LogP contribution in [0.2, 0.25) is 0 Å². The monoisotopic (exact) mass is 283 g/mol. The van der Waals surface area contributed by atoms with Crippen molar-refractivity contribution in [3.8, 4) is 0 Å². The highest BCUT2D eigenvalue weighted by atomic mass is 16.4. The minimum Gasteiger partial charge on any atom is -0.478 e. The van der Waals surface area contributed by atoms with E-state index in [1.54, 1.807) is 17.0 Å². The minimum absolute atomic E-state index is 0.167. The third kappa shape index (κ3) is 2.47. The van der Waals surface area contributed by atoms with Crippen molar-refractivity contribution in [3.63, 3.8) is 0 Å². The van der Waals surface area contributed by atoms with Gasteiger partial charge in [-0.25, -0.2) is 14.8 Å². The Morgan fingerprint density at radius 2 is 1.90 bits per heavy atom. The maximum absolute atomic E-state index is 12.5. The zero-order valence-corrected chi connectivity index (χ0v) is 11.2. The van der Waals surface area contributed by atoms with Gasteiger partial charge in [0.1, 0.15) is 6.33 Å². The number of amides is 1. The van der Waals surface area contributed by atoms with Crippen LogP contribution in [0.1, 0.15) is 32.7 Å². The number of hydrogen-bond donors (Lipinski definition) is 1. The van der Waals surface area contributed by atoms with Crippen LogP contribution in [-0.2, 0) is 6.42 Å². The van der Waals surface area contributed by atoms with Gasteiger partial charge in [0, 0.05) is 24.6 Å². The number of carboxylic acid groups (broad SMARTS) is 1. The van der Waals surface area contributed by atoms with E-state index in [4.69, 9.17) is 5.11 Å². The Morgan fingerprint density at radius 3 is 2.62 bits per heavy atom. The summed E-state index contributed by atoms with van der Waals surface area (Å²) >= 11 is 0. The smallest absolute Gasteiger partial charge is 0.335 e. The number of aromatic carboxylic acids is 1. The summed E-state index contributed by atoms with van der Waals surface area (Å²) in [5, 5.41) is 9.04. The van der Waals surface area contributed by atoms with Crippen molar-refractivity contribution in [1.29, 1.82) is 0 Å². The Balaban J connectivity index is 1.97. The number of carbonyl (C=O) groups excluding carboxylic acids is 1. The highest BCUT2D eigenvalue weighted by Gasteiger charge is 2.24. The van der Waals surface area contributed by atoms with Gasteiger partial charge < -0.3 is 10.0 Å². The molecule has 1 aliphatic heterocycles. The molecule has 0 saturated heterocycles. The summed E-state index contributed by atoms with van der Waals surface area (Å²) in [6, 6.07) is 4.85. The summed E-state index contributed by atoms with van der Waals surface area (Å²) in [6.45, 7) is 0.604. The first kappa shape index (κ1) is 13.2. The number of carboxylic acids is 1. The van der Waals surface area contributed by atoms with E-state index in [9.17, 15) is 9.59 Å². The summed E-state index contributed by atoms with van der Waals surface area (Å²) in [7, 11) is 0. The van der Waals surface area contributed by atoms with Gasteiger partial charge >= 0.3 is 5.97 Å². The molecule has 0 saturated carbocycles. The predicted octanol–water partition coefficient (Wildman–Crippen LogP) is 1.77. The number of fused-ring (bicyclic) bond motifs is 1. The van der Waals surface area contributed by atoms with Gasteiger partial charge in [0.25, 0.3) is 5.91 Å². The lowest BCUT2D eigenvalue weighted by molar-refractivity contribution is 0.0696. The topological polar surface area (TPSA) is 83.4 Å². The average Bonchev–Trinajstić information content (AvgIpc) is 2.54. The molecular weight excluding hydrogens is 270 g/mol. The first-order valence-electron chi connectivity index (χ1n) is 6.60. The average molecular weight is 283 g/mol. The summed E-state index contributed by atoms with van der Waals surface area (Å²) in [4.78, 5) is 32.9. The molecule has 0 aliphatic carbocycles. The van der Waals surface area contributed by atoms with Gasteiger partial charge in [-0.05, 0) is 36.6 Å². The largest absolute Gasteiger partial charge is 0.478 e. The molecule has 106 valence electrons. The van der Waals surface area contributed by atoms with Crippen molar-refractivity contribution in [2.45, 2.75) is 12.8 Å². The maximum atomic E-state index is 12.5. The van der Waals surface area contributed by atoms with E-state index in [-0.39, 0.29) is 11.5 Å². The Morgan fingerprint density at radius 1 is 1.14 bits per heavy atom. The Hall–Kier alpha value is -2.76. The van der Waals surface area contributed by atoms with Crippen molar-refractivity contribution in [2.24, 2.45) is 0 Å². The molecule has 3 rings (SSSR count). The molecule has 1 aromatic carbocycles. The van der Waals surface area contributed by atoms with Gasteiger partial charge in [-0.3, -0.25) is 4.79 Å². The summed E-state index contributed by atoms with van der Waals surface area (Å²) < 4.78 is 0. The van der Waals surface area contributed by atoms with Gasteiger partial charge in [-0.1, -0.05) is 0 Å². The van der Waals surface area contributed by atoms with Crippen LogP contribution in [0, 0.1) is 0 Å². The highest BCUT2D eigenvalue weighted by molar-refractivity contribution is 6.06. The molecule has 1 aliphatic rings. The van der Waals surface area contributed by atoms with Gasteiger partial charge in [0.2, 0.25) is 0 Å². The zero-order chi connectivity index (χ0) is 14.8. The molecule has 0 spiro atoms. The first-order valence-corrected chi connectivity index (χ1v) is 6.60. The van der Waals surface area contributed by atoms with E-state index < -0.39 is 5.97 Å². The number of benzene rings is 1. The van der Waals surface area contributed by atoms with E-state index >= 15 is 0 Å². The van der Waals surface area contributed by atoms with Crippen LogP contribution in [0.4, 0.5) is 5.69 Å². The zero-order valence-electron chi connectivity index (χ0n) is 11.2. The SMILES string of the molecule is O=C(O)c1ccc2c(c1)CCCN2C(=O)c1cncnc1. The number of aryl methyl sites for hydroxylation is 1. The van der Waals surface area contributed by atoms with Crippen molar-refractivity contribution < 1.29 is 14.7 Å². The van der Waals surface area contributed by atoms with Crippen LogP contribution in [0.5, 0.6) is 0 Å². The fourth-order valence-electron chi connectivity index (χ4n) is 2.51.